The van der Waals surface area contributed by atoms with Gasteiger partial charge in [0.25, 0.3) is 0 Å². The second-order valence-electron chi connectivity index (χ2n) is 4.01. The molecule has 7 heteroatoms. The van der Waals surface area contributed by atoms with Gasteiger partial charge >= 0.3 is 6.18 Å². The fourth-order valence-corrected chi connectivity index (χ4v) is 1.32. The molecule has 1 aromatic rings. The minimum atomic E-state index is -4.51. The van der Waals surface area contributed by atoms with E-state index in [0.29, 0.717) is 12.5 Å². The quantitative estimate of drug-likeness (QED) is 0.847. The molecule has 0 atom stereocenters. The molecule has 0 spiro atoms. The molecule has 0 aromatic carbocycles. The Bertz CT molecular complexity index is 380. The van der Waals surface area contributed by atoms with Gasteiger partial charge in [-0.3, -0.25) is 0 Å². The summed E-state index contributed by atoms with van der Waals surface area (Å²) in [5.74, 6) is 0.555. The summed E-state index contributed by atoms with van der Waals surface area (Å²) in [4.78, 5) is 6.83. The van der Waals surface area contributed by atoms with Crippen LogP contribution in [-0.2, 0) is 6.18 Å². The van der Waals surface area contributed by atoms with Crippen molar-refractivity contribution in [3.8, 4) is 0 Å². The molecule has 0 saturated carbocycles. The molecule has 0 bridgehead atoms. The van der Waals surface area contributed by atoms with Gasteiger partial charge in [0, 0.05) is 12.6 Å². The van der Waals surface area contributed by atoms with E-state index in [1.807, 2.05) is 13.8 Å². The van der Waals surface area contributed by atoms with Crippen molar-refractivity contribution in [2.24, 2.45) is 5.92 Å². The molecule has 96 valence electrons. The van der Waals surface area contributed by atoms with Crippen LogP contribution < -0.4 is 5.32 Å². The summed E-state index contributed by atoms with van der Waals surface area (Å²) in [7, 11) is 0. The van der Waals surface area contributed by atoms with Crippen molar-refractivity contribution in [1.82, 2.24) is 9.97 Å². The largest absolute Gasteiger partial charge is 0.433 e. The number of halogens is 4. The summed E-state index contributed by atoms with van der Waals surface area (Å²) >= 11 is 5.44. The van der Waals surface area contributed by atoms with Gasteiger partial charge in [0.2, 0.25) is 5.28 Å². The maximum atomic E-state index is 12.4. The van der Waals surface area contributed by atoms with Crippen molar-refractivity contribution in [3.05, 3.63) is 17.0 Å². The number of aromatic nitrogens is 2. The fraction of sp³-hybridized carbons (Fsp3) is 0.600. The summed E-state index contributed by atoms with van der Waals surface area (Å²) in [6.45, 7) is 4.59. The molecule has 0 aliphatic rings. The highest BCUT2D eigenvalue weighted by Crippen LogP contribution is 2.29. The van der Waals surface area contributed by atoms with Crippen LogP contribution in [0.4, 0.5) is 19.0 Å². The third kappa shape index (κ3) is 4.77. The van der Waals surface area contributed by atoms with Crippen LogP contribution in [0.25, 0.3) is 0 Å². The predicted molar refractivity (Wildman–Crippen MR) is 60.0 cm³/mol. The van der Waals surface area contributed by atoms with Crippen molar-refractivity contribution in [3.63, 3.8) is 0 Å². The SMILES string of the molecule is CC(C)CCNc1cc(C(F)(F)F)nc(Cl)n1. The number of nitrogens with zero attached hydrogens (tertiary/aromatic N) is 2. The summed E-state index contributed by atoms with van der Waals surface area (Å²) in [5, 5.41) is 2.38. The minimum absolute atomic E-state index is 0.0953. The Morgan fingerprint density at radius 3 is 2.53 bits per heavy atom. The van der Waals surface area contributed by atoms with E-state index in [1.54, 1.807) is 0 Å². The molecule has 0 saturated heterocycles. The van der Waals surface area contributed by atoms with E-state index in [-0.39, 0.29) is 5.82 Å². The normalized spacial score (nSPS) is 11.9. The number of hydrogen-bond donors (Lipinski definition) is 1. The van der Waals surface area contributed by atoms with Gasteiger partial charge in [0.05, 0.1) is 0 Å². The first-order chi connectivity index (χ1) is 7.79. The third-order valence-electron chi connectivity index (χ3n) is 2.02. The summed E-state index contributed by atoms with van der Waals surface area (Å²) in [6.07, 6.45) is -3.68. The van der Waals surface area contributed by atoms with Gasteiger partial charge in [-0.05, 0) is 23.9 Å². The third-order valence-corrected chi connectivity index (χ3v) is 2.19. The van der Waals surface area contributed by atoms with Crippen LogP contribution in [-0.4, -0.2) is 16.5 Å². The predicted octanol–water partition coefficient (Wildman–Crippen LogP) is 3.61. The van der Waals surface area contributed by atoms with Crippen molar-refractivity contribution < 1.29 is 13.2 Å². The number of anilines is 1. The van der Waals surface area contributed by atoms with Crippen molar-refractivity contribution in [2.75, 3.05) is 11.9 Å². The average molecular weight is 268 g/mol. The molecule has 1 rings (SSSR count). The fourth-order valence-electron chi connectivity index (χ4n) is 1.14. The molecular weight excluding hydrogens is 255 g/mol. The summed E-state index contributed by atoms with van der Waals surface area (Å²) in [6, 6.07) is 0.853. The van der Waals surface area contributed by atoms with Crippen molar-refractivity contribution in [2.45, 2.75) is 26.4 Å². The van der Waals surface area contributed by atoms with Crippen LogP contribution >= 0.6 is 11.6 Å². The highest BCUT2D eigenvalue weighted by Gasteiger charge is 2.33. The van der Waals surface area contributed by atoms with Crippen LogP contribution in [0.2, 0.25) is 5.28 Å². The average Bonchev–Trinajstić information content (AvgIpc) is 2.14. The van der Waals surface area contributed by atoms with Gasteiger partial charge in [-0.1, -0.05) is 13.8 Å². The maximum Gasteiger partial charge on any atom is 0.433 e. The van der Waals surface area contributed by atoms with Crippen LogP contribution in [0.3, 0.4) is 0 Å². The Morgan fingerprint density at radius 2 is 2.00 bits per heavy atom. The topological polar surface area (TPSA) is 37.8 Å². The first kappa shape index (κ1) is 14.0. The Kier molecular flexibility index (Phi) is 4.56. The monoisotopic (exact) mass is 267 g/mol. The molecule has 1 N–H and O–H groups in total. The highest BCUT2D eigenvalue weighted by atomic mass is 35.5. The first-order valence-electron chi connectivity index (χ1n) is 5.14. The lowest BCUT2D eigenvalue weighted by Crippen LogP contribution is -2.12. The van der Waals surface area contributed by atoms with Gasteiger partial charge in [-0.2, -0.15) is 13.2 Å². The molecule has 0 radical (unpaired) electrons. The molecule has 3 nitrogen and oxygen atoms in total. The molecule has 17 heavy (non-hydrogen) atoms. The van der Waals surface area contributed by atoms with Crippen LogP contribution in [0, 0.1) is 5.92 Å². The molecule has 0 aliphatic carbocycles. The summed E-state index contributed by atoms with van der Waals surface area (Å²) < 4.78 is 37.3. The van der Waals surface area contributed by atoms with Crippen molar-refractivity contribution >= 4 is 17.4 Å². The Balaban J connectivity index is 2.76. The van der Waals surface area contributed by atoms with E-state index >= 15 is 0 Å². The smallest absolute Gasteiger partial charge is 0.370 e. The van der Waals surface area contributed by atoms with E-state index in [0.717, 1.165) is 12.5 Å². The first-order valence-corrected chi connectivity index (χ1v) is 5.52. The Hall–Kier alpha value is -1.04. The molecule has 1 aromatic heterocycles. The van der Waals surface area contributed by atoms with Crippen LogP contribution in [0.5, 0.6) is 0 Å². The lowest BCUT2D eigenvalue weighted by atomic mass is 10.1. The molecule has 0 aliphatic heterocycles. The number of rotatable bonds is 4. The van der Waals surface area contributed by atoms with Crippen LogP contribution in [0.15, 0.2) is 6.07 Å². The van der Waals surface area contributed by atoms with Gasteiger partial charge in [-0.25, -0.2) is 9.97 Å². The van der Waals surface area contributed by atoms with Gasteiger partial charge < -0.3 is 5.32 Å². The second-order valence-corrected chi connectivity index (χ2v) is 4.35. The number of alkyl halides is 3. The lowest BCUT2D eigenvalue weighted by Gasteiger charge is -2.10. The van der Waals surface area contributed by atoms with E-state index in [9.17, 15) is 13.2 Å². The second kappa shape index (κ2) is 5.53. The Morgan fingerprint density at radius 1 is 1.35 bits per heavy atom. The zero-order valence-corrected chi connectivity index (χ0v) is 10.2. The van der Waals surface area contributed by atoms with E-state index in [2.05, 4.69) is 15.3 Å². The number of hydrogen-bond acceptors (Lipinski definition) is 3. The lowest BCUT2D eigenvalue weighted by molar-refractivity contribution is -0.141. The molecule has 1 heterocycles. The van der Waals surface area contributed by atoms with Gasteiger partial charge in [0.15, 0.2) is 5.69 Å². The maximum absolute atomic E-state index is 12.4. The van der Waals surface area contributed by atoms with E-state index in [4.69, 9.17) is 11.6 Å². The molecule has 0 unspecified atom stereocenters. The van der Waals surface area contributed by atoms with E-state index in [1.165, 1.54) is 0 Å². The highest BCUT2D eigenvalue weighted by molar-refractivity contribution is 6.28. The van der Waals surface area contributed by atoms with Gasteiger partial charge in [-0.15, -0.1) is 0 Å². The Labute approximate surface area is 102 Å². The summed E-state index contributed by atoms with van der Waals surface area (Å²) in [5.41, 5.74) is -1.04. The molecular formula is C10H13ClF3N3. The number of nitrogens with one attached hydrogen (secondary N) is 1. The standard InChI is InChI=1S/C10H13ClF3N3/c1-6(2)3-4-15-8-5-7(10(12,13)14)16-9(11)17-8/h5-6H,3-4H2,1-2H3,(H,15,16,17). The minimum Gasteiger partial charge on any atom is -0.370 e. The molecule has 0 fully saturated rings. The van der Waals surface area contributed by atoms with Gasteiger partial charge in [0.1, 0.15) is 5.82 Å². The van der Waals surface area contributed by atoms with Crippen LogP contribution in [0.1, 0.15) is 26.0 Å². The zero-order chi connectivity index (χ0) is 13.1. The zero-order valence-electron chi connectivity index (χ0n) is 9.48. The molecule has 0 amide bonds. The van der Waals surface area contributed by atoms with Crippen molar-refractivity contribution in [1.29, 1.82) is 0 Å². The van der Waals surface area contributed by atoms with E-state index < -0.39 is 17.2 Å².